The van der Waals surface area contributed by atoms with Gasteiger partial charge in [0.25, 0.3) is 0 Å². The zero-order chi connectivity index (χ0) is 16.8. The quantitative estimate of drug-likeness (QED) is 0.837. The van der Waals surface area contributed by atoms with Gasteiger partial charge in [0.05, 0.1) is 0 Å². The summed E-state index contributed by atoms with van der Waals surface area (Å²) < 4.78 is 5.80. The molecule has 2 amide bonds. The molecule has 3 rings (SSSR count). The minimum absolute atomic E-state index is 0.0134. The molecule has 24 heavy (non-hydrogen) atoms. The average Bonchev–Trinajstić information content (AvgIpc) is 2.57. The van der Waals surface area contributed by atoms with Crippen LogP contribution in [0.2, 0.25) is 0 Å². The van der Waals surface area contributed by atoms with Crippen LogP contribution in [0.1, 0.15) is 44.1 Å². The number of carbonyl (C=O) groups excluding carboxylic acids is 1. The van der Waals surface area contributed by atoms with Gasteiger partial charge in [-0.25, -0.2) is 9.78 Å². The second-order valence-electron chi connectivity index (χ2n) is 6.84. The van der Waals surface area contributed by atoms with Gasteiger partial charge in [-0.3, -0.25) is 0 Å². The smallest absolute Gasteiger partial charge is 0.317 e. The number of amides is 2. The van der Waals surface area contributed by atoms with Crippen molar-refractivity contribution in [3.05, 3.63) is 23.9 Å². The van der Waals surface area contributed by atoms with E-state index in [1.54, 1.807) is 6.20 Å². The highest BCUT2D eigenvalue weighted by atomic mass is 16.5. The maximum Gasteiger partial charge on any atom is 0.317 e. The molecule has 3 N–H and O–H groups in total. The third-order valence-corrected chi connectivity index (χ3v) is 5.06. The highest BCUT2D eigenvalue weighted by Gasteiger charge is 2.22. The molecule has 132 valence electrons. The summed E-state index contributed by atoms with van der Waals surface area (Å²) in [5, 5.41) is 3.00. The van der Waals surface area contributed by atoms with Crippen molar-refractivity contribution in [2.24, 2.45) is 11.7 Å². The molecule has 0 bridgehead atoms. The summed E-state index contributed by atoms with van der Waals surface area (Å²) >= 11 is 0. The van der Waals surface area contributed by atoms with Crippen LogP contribution in [-0.2, 0) is 6.54 Å². The number of ether oxygens (including phenoxy) is 1. The fourth-order valence-corrected chi connectivity index (χ4v) is 3.23. The van der Waals surface area contributed by atoms with E-state index in [1.165, 1.54) is 6.42 Å². The van der Waals surface area contributed by atoms with Crippen LogP contribution in [0, 0.1) is 5.92 Å². The number of hydrogen-bond acceptors (Lipinski definition) is 4. The molecule has 0 unspecified atom stereocenters. The first-order chi connectivity index (χ1) is 11.7. The summed E-state index contributed by atoms with van der Waals surface area (Å²) in [6.45, 7) is 2.89. The van der Waals surface area contributed by atoms with Gasteiger partial charge in [-0.2, -0.15) is 0 Å². The molecule has 2 heterocycles. The molecule has 1 aliphatic heterocycles. The Bertz CT molecular complexity index is 540. The molecular formula is C18H28N4O2. The third-order valence-electron chi connectivity index (χ3n) is 5.06. The van der Waals surface area contributed by atoms with Gasteiger partial charge in [-0.05, 0) is 62.6 Å². The summed E-state index contributed by atoms with van der Waals surface area (Å²) in [5.41, 5.74) is 6.63. The Labute approximate surface area is 143 Å². The second kappa shape index (κ2) is 8.33. The largest absolute Gasteiger partial charge is 0.474 e. The van der Waals surface area contributed by atoms with Gasteiger partial charge in [-0.1, -0.05) is 0 Å². The van der Waals surface area contributed by atoms with Crippen LogP contribution < -0.4 is 15.8 Å². The number of aromatic nitrogens is 1. The van der Waals surface area contributed by atoms with Crippen molar-refractivity contribution in [3.8, 4) is 5.88 Å². The minimum Gasteiger partial charge on any atom is -0.474 e. The van der Waals surface area contributed by atoms with Crippen molar-refractivity contribution in [1.82, 2.24) is 15.2 Å². The topological polar surface area (TPSA) is 80.5 Å². The van der Waals surface area contributed by atoms with Crippen molar-refractivity contribution >= 4 is 6.03 Å². The Hall–Kier alpha value is -1.82. The molecule has 1 aliphatic carbocycles. The zero-order valence-electron chi connectivity index (χ0n) is 14.2. The van der Waals surface area contributed by atoms with Gasteiger partial charge in [0.1, 0.15) is 6.10 Å². The predicted octanol–water partition coefficient (Wildman–Crippen LogP) is 2.28. The lowest BCUT2D eigenvalue weighted by atomic mass is 9.94. The molecular weight excluding hydrogens is 304 g/mol. The molecule has 0 radical (unpaired) electrons. The van der Waals surface area contributed by atoms with E-state index in [0.29, 0.717) is 24.4 Å². The first kappa shape index (κ1) is 17.0. The summed E-state index contributed by atoms with van der Waals surface area (Å²) in [7, 11) is 0. The van der Waals surface area contributed by atoms with Crippen LogP contribution >= 0.6 is 0 Å². The third kappa shape index (κ3) is 4.60. The lowest BCUT2D eigenvalue weighted by molar-refractivity contribution is 0.114. The van der Waals surface area contributed by atoms with Gasteiger partial charge in [0, 0.05) is 31.9 Å². The second-order valence-corrected chi connectivity index (χ2v) is 6.84. The number of urea groups is 1. The van der Waals surface area contributed by atoms with E-state index >= 15 is 0 Å². The molecule has 0 aromatic carbocycles. The maximum atomic E-state index is 12.3. The van der Waals surface area contributed by atoms with E-state index in [-0.39, 0.29) is 6.03 Å². The lowest BCUT2D eigenvalue weighted by Crippen LogP contribution is -2.44. The number of nitrogens with zero attached hydrogens (tertiary/aromatic N) is 2. The first-order valence-electron chi connectivity index (χ1n) is 9.09. The van der Waals surface area contributed by atoms with Gasteiger partial charge in [0.2, 0.25) is 5.88 Å². The molecule has 1 aromatic rings. The van der Waals surface area contributed by atoms with Crippen molar-refractivity contribution in [1.29, 1.82) is 0 Å². The predicted molar refractivity (Wildman–Crippen MR) is 92.7 cm³/mol. The molecule has 6 nitrogen and oxygen atoms in total. The molecule has 2 fully saturated rings. The molecule has 6 heteroatoms. The van der Waals surface area contributed by atoms with Crippen molar-refractivity contribution in [3.63, 3.8) is 0 Å². The highest BCUT2D eigenvalue weighted by Crippen LogP contribution is 2.24. The van der Waals surface area contributed by atoms with Crippen molar-refractivity contribution in [2.75, 3.05) is 19.6 Å². The Morgan fingerprint density at radius 3 is 2.79 bits per heavy atom. The van der Waals surface area contributed by atoms with E-state index in [1.807, 2.05) is 17.0 Å². The normalized spacial score (nSPS) is 19.0. The van der Waals surface area contributed by atoms with Crippen LogP contribution in [0.3, 0.4) is 0 Å². The summed E-state index contributed by atoms with van der Waals surface area (Å²) in [6.07, 6.45) is 8.70. The zero-order valence-corrected chi connectivity index (χ0v) is 14.2. The summed E-state index contributed by atoms with van der Waals surface area (Å²) in [5.74, 6) is 1.33. The number of pyridine rings is 1. The molecule has 0 spiro atoms. The van der Waals surface area contributed by atoms with Gasteiger partial charge in [-0.15, -0.1) is 0 Å². The molecule has 2 aliphatic rings. The van der Waals surface area contributed by atoms with Crippen LogP contribution in [-0.4, -0.2) is 41.7 Å². The molecule has 1 aromatic heterocycles. The van der Waals surface area contributed by atoms with Crippen LogP contribution in [0.15, 0.2) is 18.3 Å². The summed E-state index contributed by atoms with van der Waals surface area (Å²) in [6, 6.07) is 3.85. The van der Waals surface area contributed by atoms with E-state index in [9.17, 15) is 4.79 Å². The number of nitrogens with one attached hydrogen (secondary N) is 1. The number of rotatable bonds is 6. The monoisotopic (exact) mass is 332 g/mol. The standard InChI is InChI=1S/C18H28N4O2/c19-8-4-14-6-10-22(11-7-14)18(23)21-13-15-5-9-20-17(12-15)24-16-2-1-3-16/h5,9,12,14,16H,1-4,6-8,10-11,13,19H2,(H,21,23). The van der Waals surface area contributed by atoms with E-state index in [2.05, 4.69) is 10.3 Å². The van der Waals surface area contributed by atoms with Gasteiger partial charge in [0.15, 0.2) is 0 Å². The maximum absolute atomic E-state index is 12.3. The van der Waals surface area contributed by atoms with Crippen LogP contribution in [0.4, 0.5) is 4.79 Å². The van der Waals surface area contributed by atoms with E-state index in [0.717, 1.165) is 57.3 Å². The fraction of sp³-hybridized carbons (Fsp3) is 0.667. The number of likely N-dealkylation sites (tertiary alicyclic amines) is 1. The highest BCUT2D eigenvalue weighted by molar-refractivity contribution is 5.74. The first-order valence-corrected chi connectivity index (χ1v) is 9.09. The Balaban J connectivity index is 1.43. The Morgan fingerprint density at radius 1 is 1.33 bits per heavy atom. The van der Waals surface area contributed by atoms with Crippen molar-refractivity contribution < 1.29 is 9.53 Å². The number of piperidine rings is 1. The van der Waals surface area contributed by atoms with Gasteiger partial charge < -0.3 is 20.7 Å². The van der Waals surface area contributed by atoms with Crippen molar-refractivity contribution in [2.45, 2.75) is 51.2 Å². The average molecular weight is 332 g/mol. The van der Waals surface area contributed by atoms with E-state index < -0.39 is 0 Å². The summed E-state index contributed by atoms with van der Waals surface area (Å²) in [4.78, 5) is 18.4. The SMILES string of the molecule is NCCC1CCN(C(=O)NCc2ccnc(OC3CCC3)c2)CC1. The lowest BCUT2D eigenvalue weighted by Gasteiger charge is -2.31. The fourth-order valence-electron chi connectivity index (χ4n) is 3.23. The minimum atomic E-state index is 0.0134. The number of nitrogens with two attached hydrogens (primary N) is 1. The Kier molecular flexibility index (Phi) is 5.91. The van der Waals surface area contributed by atoms with Crippen LogP contribution in [0.25, 0.3) is 0 Å². The number of carbonyl (C=O) groups is 1. The Morgan fingerprint density at radius 2 is 2.12 bits per heavy atom. The van der Waals surface area contributed by atoms with E-state index in [4.69, 9.17) is 10.5 Å². The molecule has 1 saturated heterocycles. The van der Waals surface area contributed by atoms with Crippen LogP contribution in [0.5, 0.6) is 5.88 Å². The molecule has 0 atom stereocenters. The van der Waals surface area contributed by atoms with Gasteiger partial charge >= 0.3 is 6.03 Å². The molecule has 1 saturated carbocycles. The number of hydrogen-bond donors (Lipinski definition) is 2.